The minimum absolute atomic E-state index is 0.195. The molecule has 12 heavy (non-hydrogen) atoms. The van der Waals surface area contributed by atoms with Crippen molar-refractivity contribution in [3.63, 3.8) is 0 Å². The molecule has 0 atom stereocenters. The van der Waals surface area contributed by atoms with Crippen molar-refractivity contribution < 1.29 is 4.79 Å². The van der Waals surface area contributed by atoms with Gasteiger partial charge in [-0.05, 0) is 32.4 Å². The number of aromatic nitrogens is 1. The molecule has 0 spiro atoms. The Morgan fingerprint density at radius 3 is 2.50 bits per heavy atom. The molecule has 1 aromatic rings. The van der Waals surface area contributed by atoms with Crippen LogP contribution in [0.5, 0.6) is 0 Å². The van der Waals surface area contributed by atoms with Crippen molar-refractivity contribution in [2.45, 2.75) is 20.8 Å². The average molecular weight is 165 g/mol. The number of rotatable bonds is 1. The number of ketones is 1. The molecule has 0 radical (unpaired) electrons. The Balaban J connectivity index is 3.43. The molecule has 64 valence electrons. The van der Waals surface area contributed by atoms with E-state index in [-0.39, 0.29) is 16.9 Å². The van der Waals surface area contributed by atoms with Gasteiger partial charge in [0.1, 0.15) is 0 Å². The number of aromatic amines is 1. The molecule has 0 aliphatic heterocycles. The Morgan fingerprint density at radius 2 is 2.00 bits per heavy atom. The third-order valence-electron chi connectivity index (χ3n) is 1.88. The smallest absolute Gasteiger partial charge is 0.259 e. The molecule has 1 N–H and O–H groups in total. The molecule has 3 heteroatoms. The van der Waals surface area contributed by atoms with E-state index in [1.165, 1.54) is 6.92 Å². The first kappa shape index (κ1) is 8.71. The Bertz CT molecular complexity index is 377. The molecule has 0 saturated heterocycles. The van der Waals surface area contributed by atoms with Crippen LogP contribution >= 0.6 is 0 Å². The first-order chi connectivity index (χ1) is 5.52. The molecule has 0 bridgehead atoms. The van der Waals surface area contributed by atoms with Crippen molar-refractivity contribution in [1.29, 1.82) is 0 Å². The quantitative estimate of drug-likeness (QED) is 0.635. The number of nitrogens with one attached hydrogen (secondary N) is 1. The van der Waals surface area contributed by atoms with Gasteiger partial charge in [-0.1, -0.05) is 0 Å². The number of hydrogen-bond donors (Lipinski definition) is 1. The van der Waals surface area contributed by atoms with Gasteiger partial charge in [0.2, 0.25) is 0 Å². The Morgan fingerprint density at radius 1 is 1.42 bits per heavy atom. The third-order valence-corrected chi connectivity index (χ3v) is 1.88. The van der Waals surface area contributed by atoms with Gasteiger partial charge in [0, 0.05) is 5.69 Å². The monoisotopic (exact) mass is 165 g/mol. The van der Waals surface area contributed by atoms with Crippen molar-refractivity contribution in [3.8, 4) is 0 Å². The van der Waals surface area contributed by atoms with E-state index in [2.05, 4.69) is 4.98 Å². The maximum Gasteiger partial charge on any atom is 0.259 e. The van der Waals surface area contributed by atoms with Gasteiger partial charge in [0.25, 0.3) is 5.56 Å². The fraction of sp³-hybridized carbons (Fsp3) is 0.333. The highest BCUT2D eigenvalue weighted by Gasteiger charge is 2.06. The largest absolute Gasteiger partial charge is 0.326 e. The fourth-order valence-electron chi connectivity index (χ4n) is 0.988. The van der Waals surface area contributed by atoms with Crippen molar-refractivity contribution in [2.24, 2.45) is 0 Å². The minimum atomic E-state index is -0.300. The van der Waals surface area contributed by atoms with Crippen molar-refractivity contribution in [3.05, 3.63) is 33.2 Å². The molecule has 0 aromatic carbocycles. The number of carbonyl (C=O) groups excluding carboxylic acids is 1. The summed E-state index contributed by atoms with van der Waals surface area (Å²) >= 11 is 0. The van der Waals surface area contributed by atoms with Crippen LogP contribution in [-0.2, 0) is 0 Å². The summed E-state index contributed by atoms with van der Waals surface area (Å²) in [5, 5.41) is 0. The lowest BCUT2D eigenvalue weighted by atomic mass is 10.1. The van der Waals surface area contributed by atoms with Crippen LogP contribution in [0.4, 0.5) is 0 Å². The standard InChI is InChI=1S/C9H11NO2/c1-5-4-8(7(3)11)9(12)10-6(5)2/h4H,1-3H3,(H,10,12). The first-order valence-corrected chi connectivity index (χ1v) is 3.74. The second kappa shape index (κ2) is 2.93. The summed E-state index contributed by atoms with van der Waals surface area (Å²) in [5.41, 5.74) is 1.67. The van der Waals surface area contributed by atoms with Crippen molar-refractivity contribution in [2.75, 3.05) is 0 Å². The summed E-state index contributed by atoms with van der Waals surface area (Å²) in [6, 6.07) is 1.62. The number of hydrogen-bond acceptors (Lipinski definition) is 2. The lowest BCUT2D eigenvalue weighted by Gasteiger charge is -2.00. The van der Waals surface area contributed by atoms with Gasteiger partial charge in [-0.15, -0.1) is 0 Å². The zero-order chi connectivity index (χ0) is 9.30. The maximum absolute atomic E-state index is 11.2. The maximum atomic E-state index is 11.2. The number of H-pyrrole nitrogens is 1. The topological polar surface area (TPSA) is 49.9 Å². The molecule has 1 heterocycles. The highest BCUT2D eigenvalue weighted by Crippen LogP contribution is 2.02. The Labute approximate surface area is 70.4 Å². The molecule has 0 unspecified atom stereocenters. The summed E-state index contributed by atoms with van der Waals surface area (Å²) in [4.78, 5) is 24.7. The molecule has 0 aliphatic carbocycles. The highest BCUT2D eigenvalue weighted by atomic mass is 16.1. The van der Waals surface area contributed by atoms with Crippen LogP contribution in [0.1, 0.15) is 28.5 Å². The molecule has 1 aromatic heterocycles. The van der Waals surface area contributed by atoms with E-state index in [0.717, 1.165) is 11.3 Å². The minimum Gasteiger partial charge on any atom is -0.326 e. The number of pyridine rings is 1. The van der Waals surface area contributed by atoms with Gasteiger partial charge in [0.05, 0.1) is 5.56 Å². The lowest BCUT2D eigenvalue weighted by Crippen LogP contribution is -2.17. The van der Waals surface area contributed by atoms with E-state index < -0.39 is 0 Å². The van der Waals surface area contributed by atoms with Crippen molar-refractivity contribution in [1.82, 2.24) is 4.98 Å². The van der Waals surface area contributed by atoms with Crippen LogP contribution in [0.3, 0.4) is 0 Å². The molecule has 0 amide bonds. The predicted molar refractivity (Wildman–Crippen MR) is 46.5 cm³/mol. The number of carbonyl (C=O) groups is 1. The zero-order valence-corrected chi connectivity index (χ0v) is 7.39. The molecule has 0 saturated carbocycles. The summed E-state index contributed by atoms with van der Waals surface area (Å²) in [6.07, 6.45) is 0. The number of aryl methyl sites for hydroxylation is 2. The summed E-state index contributed by atoms with van der Waals surface area (Å²) in [5.74, 6) is -0.195. The summed E-state index contributed by atoms with van der Waals surface area (Å²) < 4.78 is 0. The predicted octanol–water partition coefficient (Wildman–Crippen LogP) is 1.19. The summed E-state index contributed by atoms with van der Waals surface area (Å²) in [6.45, 7) is 5.05. The van der Waals surface area contributed by atoms with E-state index in [1.807, 2.05) is 6.92 Å². The van der Waals surface area contributed by atoms with E-state index in [4.69, 9.17) is 0 Å². The SMILES string of the molecule is CC(=O)c1cc(C)c(C)[nH]c1=O. The van der Waals surface area contributed by atoms with E-state index >= 15 is 0 Å². The van der Waals surface area contributed by atoms with Crippen LogP contribution in [0.25, 0.3) is 0 Å². The molecule has 0 fully saturated rings. The second-order valence-electron chi connectivity index (χ2n) is 2.88. The molecular formula is C9H11NO2. The highest BCUT2D eigenvalue weighted by molar-refractivity contribution is 5.93. The number of Topliss-reactive ketones (excluding diaryl/α,β-unsaturated/α-hetero) is 1. The molecular weight excluding hydrogens is 154 g/mol. The molecule has 1 rings (SSSR count). The lowest BCUT2D eigenvalue weighted by molar-refractivity contribution is 0.101. The van der Waals surface area contributed by atoms with Gasteiger partial charge in [-0.2, -0.15) is 0 Å². The van der Waals surface area contributed by atoms with Crippen LogP contribution in [0, 0.1) is 13.8 Å². The Kier molecular flexibility index (Phi) is 2.13. The Hall–Kier alpha value is -1.38. The van der Waals surface area contributed by atoms with Gasteiger partial charge in [-0.3, -0.25) is 9.59 Å². The van der Waals surface area contributed by atoms with Gasteiger partial charge in [-0.25, -0.2) is 0 Å². The van der Waals surface area contributed by atoms with Gasteiger partial charge < -0.3 is 4.98 Å². The van der Waals surface area contributed by atoms with Crippen LogP contribution in [-0.4, -0.2) is 10.8 Å². The second-order valence-corrected chi connectivity index (χ2v) is 2.88. The van der Waals surface area contributed by atoms with E-state index in [1.54, 1.807) is 13.0 Å². The van der Waals surface area contributed by atoms with E-state index in [9.17, 15) is 9.59 Å². The van der Waals surface area contributed by atoms with Crippen LogP contribution in [0.15, 0.2) is 10.9 Å². The fourth-order valence-corrected chi connectivity index (χ4v) is 0.988. The van der Waals surface area contributed by atoms with E-state index in [0.29, 0.717) is 0 Å². The normalized spacial score (nSPS) is 9.92. The zero-order valence-electron chi connectivity index (χ0n) is 7.39. The molecule has 3 nitrogen and oxygen atoms in total. The van der Waals surface area contributed by atoms with Crippen molar-refractivity contribution >= 4 is 5.78 Å². The summed E-state index contributed by atoms with van der Waals surface area (Å²) in [7, 11) is 0. The average Bonchev–Trinajstić information content (AvgIpc) is 1.96. The molecule has 0 aliphatic rings. The van der Waals surface area contributed by atoms with Crippen LogP contribution < -0.4 is 5.56 Å². The van der Waals surface area contributed by atoms with Gasteiger partial charge >= 0.3 is 0 Å². The third kappa shape index (κ3) is 1.44. The van der Waals surface area contributed by atoms with Gasteiger partial charge in [0.15, 0.2) is 5.78 Å². The first-order valence-electron chi connectivity index (χ1n) is 3.74. The van der Waals surface area contributed by atoms with Crippen LogP contribution in [0.2, 0.25) is 0 Å².